The maximum absolute atomic E-state index is 11.4. The van der Waals surface area contributed by atoms with Crippen LogP contribution in [0.15, 0.2) is 0 Å². The number of carbonyl (C=O) groups excluding carboxylic acids is 1. The first-order chi connectivity index (χ1) is 7.34. The fourth-order valence-electron chi connectivity index (χ4n) is 1.34. The molecule has 4 heteroatoms. The molecule has 0 fully saturated rings. The van der Waals surface area contributed by atoms with Gasteiger partial charge in [0.25, 0.3) is 0 Å². The zero-order valence-corrected chi connectivity index (χ0v) is 10.6. The van der Waals surface area contributed by atoms with Crippen LogP contribution in [0, 0.1) is 17.8 Å². The quantitative estimate of drug-likeness (QED) is 0.700. The summed E-state index contributed by atoms with van der Waals surface area (Å²) in [6.45, 7) is 8.03. The molecule has 0 saturated heterocycles. The monoisotopic (exact) mass is 229 g/mol. The second kappa shape index (κ2) is 7.25. The fraction of sp³-hybridized carbons (Fsp3) is 0.833. The number of rotatable bonds is 7. The van der Waals surface area contributed by atoms with E-state index >= 15 is 0 Å². The molecule has 0 saturated carbocycles. The van der Waals surface area contributed by atoms with Gasteiger partial charge in [0.05, 0.1) is 5.92 Å². The first kappa shape index (κ1) is 14.9. The molecule has 0 aromatic heterocycles. The van der Waals surface area contributed by atoms with E-state index in [0.29, 0.717) is 12.3 Å². The third-order valence-corrected chi connectivity index (χ3v) is 2.59. The third kappa shape index (κ3) is 6.43. The topological polar surface area (TPSA) is 66.4 Å². The molecule has 0 aliphatic carbocycles. The molecule has 0 aliphatic heterocycles. The van der Waals surface area contributed by atoms with Crippen LogP contribution in [0.5, 0.6) is 0 Å². The molecule has 16 heavy (non-hydrogen) atoms. The minimum atomic E-state index is -0.848. The molecule has 1 unspecified atom stereocenters. The van der Waals surface area contributed by atoms with Gasteiger partial charge in [-0.3, -0.25) is 9.59 Å². The van der Waals surface area contributed by atoms with Gasteiger partial charge in [0, 0.05) is 13.0 Å². The minimum absolute atomic E-state index is 0.0305. The van der Waals surface area contributed by atoms with Crippen LogP contribution in [0.4, 0.5) is 0 Å². The summed E-state index contributed by atoms with van der Waals surface area (Å²) in [5, 5.41) is 11.6. The summed E-state index contributed by atoms with van der Waals surface area (Å²) < 4.78 is 0. The van der Waals surface area contributed by atoms with Gasteiger partial charge in [-0.25, -0.2) is 0 Å². The zero-order chi connectivity index (χ0) is 12.7. The molecule has 0 aromatic carbocycles. The van der Waals surface area contributed by atoms with E-state index in [0.717, 1.165) is 6.42 Å². The lowest BCUT2D eigenvalue weighted by atomic mass is 9.96. The van der Waals surface area contributed by atoms with E-state index in [1.165, 1.54) is 0 Å². The average Bonchev–Trinajstić information content (AvgIpc) is 2.13. The van der Waals surface area contributed by atoms with Gasteiger partial charge in [-0.2, -0.15) is 0 Å². The molecular formula is C12H23NO3. The summed E-state index contributed by atoms with van der Waals surface area (Å²) >= 11 is 0. The van der Waals surface area contributed by atoms with Crippen molar-refractivity contribution >= 4 is 11.9 Å². The molecule has 0 aliphatic rings. The highest BCUT2D eigenvalue weighted by molar-refractivity contribution is 5.77. The Morgan fingerprint density at radius 1 is 1.19 bits per heavy atom. The van der Waals surface area contributed by atoms with E-state index in [1.54, 1.807) is 0 Å². The number of hydrogen-bond donors (Lipinski definition) is 2. The van der Waals surface area contributed by atoms with Crippen LogP contribution in [0.1, 0.15) is 40.5 Å². The lowest BCUT2D eigenvalue weighted by Gasteiger charge is -2.16. The van der Waals surface area contributed by atoms with Gasteiger partial charge in [0.1, 0.15) is 0 Å². The van der Waals surface area contributed by atoms with Gasteiger partial charge in [0.2, 0.25) is 5.91 Å². The van der Waals surface area contributed by atoms with E-state index in [1.807, 2.05) is 13.8 Å². The van der Waals surface area contributed by atoms with E-state index in [9.17, 15) is 9.59 Å². The molecule has 94 valence electrons. The van der Waals surface area contributed by atoms with E-state index in [4.69, 9.17) is 5.11 Å². The molecule has 0 bridgehead atoms. The second-order valence-electron chi connectivity index (χ2n) is 4.93. The van der Waals surface area contributed by atoms with Gasteiger partial charge in [-0.05, 0) is 18.3 Å². The Balaban J connectivity index is 3.93. The van der Waals surface area contributed by atoms with Crippen LogP contribution >= 0.6 is 0 Å². The second-order valence-corrected chi connectivity index (χ2v) is 4.93. The molecule has 0 rings (SSSR count). The van der Waals surface area contributed by atoms with Gasteiger partial charge >= 0.3 is 5.97 Å². The van der Waals surface area contributed by atoms with Gasteiger partial charge in [0.15, 0.2) is 0 Å². The summed E-state index contributed by atoms with van der Waals surface area (Å²) in [6, 6.07) is 0. The Morgan fingerprint density at radius 3 is 2.12 bits per heavy atom. The number of carboxylic acid groups (broad SMARTS) is 1. The number of amides is 1. The summed E-state index contributed by atoms with van der Waals surface area (Å²) in [5.41, 5.74) is 0. The van der Waals surface area contributed by atoms with Crippen LogP contribution in [0.25, 0.3) is 0 Å². The third-order valence-electron chi connectivity index (χ3n) is 2.59. The highest BCUT2D eigenvalue weighted by Gasteiger charge is 2.21. The summed E-state index contributed by atoms with van der Waals surface area (Å²) in [6.07, 6.45) is 1.31. The SMILES string of the molecule is CC(C)CCC(=O)NCC(C(=O)O)C(C)C. The van der Waals surface area contributed by atoms with Crippen LogP contribution in [0.2, 0.25) is 0 Å². The Labute approximate surface area is 97.4 Å². The predicted octanol–water partition coefficient (Wildman–Crippen LogP) is 1.90. The van der Waals surface area contributed by atoms with Crippen molar-refractivity contribution < 1.29 is 14.7 Å². The van der Waals surface area contributed by atoms with Gasteiger partial charge in [-0.1, -0.05) is 27.7 Å². The van der Waals surface area contributed by atoms with Crippen molar-refractivity contribution in [1.29, 1.82) is 0 Å². The first-order valence-corrected chi connectivity index (χ1v) is 5.84. The molecule has 1 atom stereocenters. The normalized spacial score (nSPS) is 12.9. The lowest BCUT2D eigenvalue weighted by Crippen LogP contribution is -2.35. The van der Waals surface area contributed by atoms with E-state index in [2.05, 4.69) is 19.2 Å². The molecule has 4 nitrogen and oxygen atoms in total. The Kier molecular flexibility index (Phi) is 6.77. The van der Waals surface area contributed by atoms with E-state index < -0.39 is 11.9 Å². The summed E-state index contributed by atoms with van der Waals surface area (Å²) in [5.74, 6) is -0.878. The van der Waals surface area contributed by atoms with Crippen LogP contribution < -0.4 is 5.32 Å². The molecule has 0 aromatic rings. The molecule has 0 heterocycles. The first-order valence-electron chi connectivity index (χ1n) is 5.84. The Hall–Kier alpha value is -1.06. The Morgan fingerprint density at radius 2 is 1.75 bits per heavy atom. The fourth-order valence-corrected chi connectivity index (χ4v) is 1.34. The lowest BCUT2D eigenvalue weighted by molar-refractivity contribution is -0.143. The zero-order valence-electron chi connectivity index (χ0n) is 10.6. The van der Waals surface area contributed by atoms with Crippen molar-refractivity contribution in [2.45, 2.75) is 40.5 Å². The largest absolute Gasteiger partial charge is 0.481 e. The Bertz CT molecular complexity index is 236. The smallest absolute Gasteiger partial charge is 0.308 e. The number of aliphatic carboxylic acids is 1. The molecule has 2 N–H and O–H groups in total. The number of carbonyl (C=O) groups is 2. The van der Waals surface area contributed by atoms with Gasteiger partial charge in [-0.15, -0.1) is 0 Å². The molecule has 0 spiro atoms. The predicted molar refractivity (Wildman–Crippen MR) is 63.0 cm³/mol. The van der Waals surface area contributed by atoms with Crippen molar-refractivity contribution in [3.63, 3.8) is 0 Å². The van der Waals surface area contributed by atoms with Crippen molar-refractivity contribution in [2.75, 3.05) is 6.54 Å². The minimum Gasteiger partial charge on any atom is -0.481 e. The summed E-state index contributed by atoms with van der Waals surface area (Å²) in [7, 11) is 0. The maximum atomic E-state index is 11.4. The highest BCUT2D eigenvalue weighted by Crippen LogP contribution is 2.10. The number of carboxylic acids is 1. The average molecular weight is 229 g/mol. The van der Waals surface area contributed by atoms with Crippen molar-refractivity contribution in [1.82, 2.24) is 5.32 Å². The maximum Gasteiger partial charge on any atom is 0.308 e. The number of hydrogen-bond acceptors (Lipinski definition) is 2. The van der Waals surface area contributed by atoms with Crippen LogP contribution in [-0.2, 0) is 9.59 Å². The van der Waals surface area contributed by atoms with E-state index in [-0.39, 0.29) is 18.4 Å². The number of nitrogens with one attached hydrogen (secondary N) is 1. The van der Waals surface area contributed by atoms with Crippen molar-refractivity contribution in [3.8, 4) is 0 Å². The highest BCUT2D eigenvalue weighted by atomic mass is 16.4. The van der Waals surface area contributed by atoms with Crippen LogP contribution in [0.3, 0.4) is 0 Å². The molecule has 1 amide bonds. The van der Waals surface area contributed by atoms with Crippen molar-refractivity contribution in [2.24, 2.45) is 17.8 Å². The van der Waals surface area contributed by atoms with Gasteiger partial charge < -0.3 is 10.4 Å². The van der Waals surface area contributed by atoms with Crippen LogP contribution in [-0.4, -0.2) is 23.5 Å². The van der Waals surface area contributed by atoms with Crippen molar-refractivity contribution in [3.05, 3.63) is 0 Å². The molecule has 0 radical (unpaired) electrons. The molecular weight excluding hydrogens is 206 g/mol. The standard InChI is InChI=1S/C12H23NO3/c1-8(2)5-6-11(14)13-7-10(9(3)4)12(15)16/h8-10H,5-7H2,1-4H3,(H,13,14)(H,15,16). The summed E-state index contributed by atoms with van der Waals surface area (Å²) in [4.78, 5) is 22.3.